The maximum Gasteiger partial charge on any atom is 0.292 e. The molecule has 5 nitrogen and oxygen atoms in total. The number of aliphatic hydroxyl groups excluding tert-OH is 1. The van der Waals surface area contributed by atoms with Gasteiger partial charge in [0.25, 0.3) is 5.69 Å². The van der Waals surface area contributed by atoms with E-state index in [9.17, 15) is 10.1 Å². The first-order chi connectivity index (χ1) is 9.43. The van der Waals surface area contributed by atoms with Gasteiger partial charge < -0.3 is 10.0 Å². The molecule has 0 radical (unpaired) electrons. The maximum absolute atomic E-state index is 11.3. The highest BCUT2D eigenvalue weighted by Crippen LogP contribution is 2.36. The lowest BCUT2D eigenvalue weighted by Gasteiger charge is -2.42. The van der Waals surface area contributed by atoms with Crippen molar-refractivity contribution in [1.82, 2.24) is 0 Å². The SMILES string of the molecule is CC1CC(C)C(C)N(c2ccc(CO)cc2[N+](=O)[O-])C1. The summed E-state index contributed by atoms with van der Waals surface area (Å²) >= 11 is 0. The van der Waals surface area contributed by atoms with Gasteiger partial charge in [-0.1, -0.05) is 19.9 Å². The van der Waals surface area contributed by atoms with Crippen molar-refractivity contribution in [3.63, 3.8) is 0 Å². The van der Waals surface area contributed by atoms with Crippen LogP contribution in [0, 0.1) is 22.0 Å². The zero-order valence-corrected chi connectivity index (χ0v) is 12.2. The topological polar surface area (TPSA) is 66.6 Å². The molecular formula is C15H22N2O3. The summed E-state index contributed by atoms with van der Waals surface area (Å²) in [6.07, 6.45) is 1.15. The minimum atomic E-state index is -0.356. The van der Waals surface area contributed by atoms with Crippen LogP contribution in [0.5, 0.6) is 0 Å². The number of rotatable bonds is 3. The second kappa shape index (κ2) is 5.79. The first kappa shape index (κ1) is 14.8. The highest BCUT2D eigenvalue weighted by atomic mass is 16.6. The van der Waals surface area contributed by atoms with E-state index in [-0.39, 0.29) is 23.3 Å². The van der Waals surface area contributed by atoms with Gasteiger partial charge >= 0.3 is 0 Å². The van der Waals surface area contributed by atoms with Gasteiger partial charge in [0, 0.05) is 18.7 Å². The molecule has 0 spiro atoms. The van der Waals surface area contributed by atoms with Crippen LogP contribution < -0.4 is 4.90 Å². The smallest absolute Gasteiger partial charge is 0.292 e. The summed E-state index contributed by atoms with van der Waals surface area (Å²) in [4.78, 5) is 13.1. The molecule has 1 fully saturated rings. The van der Waals surface area contributed by atoms with Crippen molar-refractivity contribution in [2.45, 2.75) is 39.8 Å². The van der Waals surface area contributed by atoms with Gasteiger partial charge in [-0.05, 0) is 36.8 Å². The van der Waals surface area contributed by atoms with Crippen LogP contribution in [0.3, 0.4) is 0 Å². The van der Waals surface area contributed by atoms with E-state index in [1.807, 2.05) is 0 Å². The maximum atomic E-state index is 11.3. The molecule has 0 saturated carbocycles. The molecule has 2 rings (SSSR count). The van der Waals surface area contributed by atoms with E-state index in [4.69, 9.17) is 5.11 Å². The van der Waals surface area contributed by atoms with E-state index in [1.165, 1.54) is 6.07 Å². The molecule has 110 valence electrons. The monoisotopic (exact) mass is 278 g/mol. The molecule has 1 heterocycles. The summed E-state index contributed by atoms with van der Waals surface area (Å²) in [5.74, 6) is 1.04. The number of benzene rings is 1. The van der Waals surface area contributed by atoms with Crippen molar-refractivity contribution in [3.05, 3.63) is 33.9 Å². The Morgan fingerprint density at radius 3 is 2.70 bits per heavy atom. The zero-order valence-electron chi connectivity index (χ0n) is 12.2. The van der Waals surface area contributed by atoms with E-state index in [0.717, 1.165) is 13.0 Å². The molecule has 0 bridgehead atoms. The molecule has 20 heavy (non-hydrogen) atoms. The standard InChI is InChI=1S/C15H22N2O3/c1-10-6-11(2)12(3)16(8-10)14-5-4-13(9-18)7-15(14)17(19)20/h4-5,7,10-12,18H,6,8-9H2,1-3H3. The van der Waals surface area contributed by atoms with E-state index in [1.54, 1.807) is 12.1 Å². The number of hydrogen-bond acceptors (Lipinski definition) is 4. The van der Waals surface area contributed by atoms with Crippen LogP contribution in [0.1, 0.15) is 32.8 Å². The average Bonchev–Trinajstić information content (AvgIpc) is 2.42. The van der Waals surface area contributed by atoms with E-state index >= 15 is 0 Å². The number of piperidine rings is 1. The molecule has 1 saturated heterocycles. The van der Waals surface area contributed by atoms with Gasteiger partial charge in [-0.25, -0.2) is 0 Å². The number of nitro groups is 1. The van der Waals surface area contributed by atoms with E-state index in [0.29, 0.717) is 23.1 Å². The average molecular weight is 278 g/mol. The van der Waals surface area contributed by atoms with Gasteiger partial charge in [-0.15, -0.1) is 0 Å². The lowest BCUT2D eigenvalue weighted by Crippen LogP contribution is -2.46. The lowest BCUT2D eigenvalue weighted by molar-refractivity contribution is -0.384. The molecule has 0 aromatic heterocycles. The van der Waals surface area contributed by atoms with Gasteiger partial charge in [0.2, 0.25) is 0 Å². The van der Waals surface area contributed by atoms with Crippen LogP contribution in [0.2, 0.25) is 0 Å². The van der Waals surface area contributed by atoms with Crippen LogP contribution in [-0.2, 0) is 6.61 Å². The van der Waals surface area contributed by atoms with Gasteiger partial charge in [-0.2, -0.15) is 0 Å². The normalized spacial score (nSPS) is 26.6. The van der Waals surface area contributed by atoms with Gasteiger partial charge in [0.1, 0.15) is 5.69 Å². The van der Waals surface area contributed by atoms with Gasteiger partial charge in [0.15, 0.2) is 0 Å². The third kappa shape index (κ3) is 2.77. The van der Waals surface area contributed by atoms with Crippen molar-refractivity contribution in [2.75, 3.05) is 11.4 Å². The molecule has 1 aliphatic rings. The molecule has 1 N–H and O–H groups in total. The predicted molar refractivity (Wildman–Crippen MR) is 78.8 cm³/mol. The molecule has 0 aliphatic carbocycles. The first-order valence-corrected chi connectivity index (χ1v) is 7.08. The van der Waals surface area contributed by atoms with Crippen molar-refractivity contribution in [2.24, 2.45) is 11.8 Å². The van der Waals surface area contributed by atoms with Crippen molar-refractivity contribution >= 4 is 11.4 Å². The molecular weight excluding hydrogens is 256 g/mol. The number of aliphatic hydroxyl groups is 1. The van der Waals surface area contributed by atoms with Crippen LogP contribution in [0.25, 0.3) is 0 Å². The van der Waals surface area contributed by atoms with Gasteiger partial charge in [-0.3, -0.25) is 10.1 Å². The van der Waals surface area contributed by atoms with E-state index < -0.39 is 0 Å². The van der Waals surface area contributed by atoms with Crippen LogP contribution in [0.15, 0.2) is 18.2 Å². The fourth-order valence-corrected chi connectivity index (χ4v) is 3.09. The largest absolute Gasteiger partial charge is 0.392 e. The molecule has 0 amide bonds. The summed E-state index contributed by atoms with van der Waals surface area (Å²) < 4.78 is 0. The second-order valence-electron chi connectivity index (χ2n) is 5.95. The zero-order chi connectivity index (χ0) is 14.9. The number of nitrogens with zero attached hydrogens (tertiary/aromatic N) is 2. The van der Waals surface area contributed by atoms with E-state index in [2.05, 4.69) is 25.7 Å². The number of anilines is 1. The number of nitro benzene ring substituents is 1. The lowest BCUT2D eigenvalue weighted by atomic mass is 9.85. The Balaban J connectivity index is 2.42. The fourth-order valence-electron chi connectivity index (χ4n) is 3.09. The first-order valence-electron chi connectivity index (χ1n) is 7.08. The summed E-state index contributed by atoms with van der Waals surface area (Å²) in [5, 5.41) is 20.4. The third-order valence-electron chi connectivity index (χ3n) is 4.33. The number of hydrogen-bond donors (Lipinski definition) is 1. The highest BCUT2D eigenvalue weighted by Gasteiger charge is 2.32. The Hall–Kier alpha value is -1.62. The molecule has 3 atom stereocenters. The summed E-state index contributed by atoms with van der Waals surface area (Å²) in [6.45, 7) is 7.17. The Labute approximate surface area is 119 Å². The van der Waals surface area contributed by atoms with Crippen molar-refractivity contribution in [1.29, 1.82) is 0 Å². The van der Waals surface area contributed by atoms with Gasteiger partial charge in [0.05, 0.1) is 11.5 Å². The quantitative estimate of drug-likeness (QED) is 0.682. The minimum Gasteiger partial charge on any atom is -0.392 e. The Morgan fingerprint density at radius 2 is 2.10 bits per heavy atom. The van der Waals surface area contributed by atoms with Crippen molar-refractivity contribution < 1.29 is 10.0 Å². The third-order valence-corrected chi connectivity index (χ3v) is 4.33. The molecule has 3 unspecified atom stereocenters. The van der Waals surface area contributed by atoms with Crippen LogP contribution in [-0.4, -0.2) is 22.6 Å². The molecule has 1 aromatic carbocycles. The summed E-state index contributed by atoms with van der Waals surface area (Å²) in [5.41, 5.74) is 1.33. The van der Waals surface area contributed by atoms with Crippen LogP contribution >= 0.6 is 0 Å². The molecule has 1 aliphatic heterocycles. The van der Waals surface area contributed by atoms with Crippen LogP contribution in [0.4, 0.5) is 11.4 Å². The fraction of sp³-hybridized carbons (Fsp3) is 0.600. The highest BCUT2D eigenvalue weighted by molar-refractivity contribution is 5.65. The Morgan fingerprint density at radius 1 is 1.40 bits per heavy atom. The Bertz CT molecular complexity index is 504. The van der Waals surface area contributed by atoms with Crippen molar-refractivity contribution in [3.8, 4) is 0 Å². The molecule has 5 heteroatoms. The summed E-state index contributed by atoms with van der Waals surface area (Å²) in [6, 6.07) is 5.29. The summed E-state index contributed by atoms with van der Waals surface area (Å²) in [7, 11) is 0. The Kier molecular flexibility index (Phi) is 4.28. The second-order valence-corrected chi connectivity index (χ2v) is 5.95. The molecule has 1 aromatic rings. The predicted octanol–water partition coefficient (Wildman–Crippen LogP) is 2.96. The minimum absolute atomic E-state index is 0.0877.